The van der Waals surface area contributed by atoms with Crippen LogP contribution in [-0.2, 0) is 0 Å². The summed E-state index contributed by atoms with van der Waals surface area (Å²) in [4.78, 5) is 2.35. The predicted octanol–water partition coefficient (Wildman–Crippen LogP) is 8.80. The third-order valence-electron chi connectivity index (χ3n) is 6.01. The highest BCUT2D eigenvalue weighted by Crippen LogP contribution is 2.40. The molecule has 2 rings (SSSR count). The second-order valence-electron chi connectivity index (χ2n) is 8.93. The van der Waals surface area contributed by atoms with Gasteiger partial charge in [-0.15, -0.1) is 0 Å². The zero-order valence-electron chi connectivity index (χ0n) is 23.2. The lowest BCUT2D eigenvalue weighted by atomic mass is 10.1. The molecule has 2 aromatic rings. The van der Waals surface area contributed by atoms with E-state index in [1.54, 1.807) is 0 Å². The van der Waals surface area contributed by atoms with E-state index in [0.717, 1.165) is 74.4 Å². The fourth-order valence-corrected chi connectivity index (χ4v) is 3.74. The van der Waals surface area contributed by atoms with Crippen molar-refractivity contribution in [3.8, 4) is 17.2 Å². The van der Waals surface area contributed by atoms with Crippen molar-refractivity contribution in [1.29, 1.82) is 0 Å². The predicted molar refractivity (Wildman–Crippen MR) is 156 cm³/mol. The highest BCUT2D eigenvalue weighted by atomic mass is 16.5. The quantitative estimate of drug-likeness (QED) is 0.153. The van der Waals surface area contributed by atoms with Crippen LogP contribution in [0.4, 0.5) is 5.69 Å². The molecule has 4 heteroatoms. The van der Waals surface area contributed by atoms with Gasteiger partial charge in [-0.1, -0.05) is 76.5 Å². The number of nitrogens with zero attached hydrogens (tertiary/aromatic N) is 1. The number of anilines is 1. The molecule has 0 amide bonds. The van der Waals surface area contributed by atoms with E-state index in [4.69, 9.17) is 14.2 Å². The molecule has 0 bridgehead atoms. The smallest absolute Gasteiger partial charge is 0.203 e. The Morgan fingerprint density at radius 2 is 1.08 bits per heavy atom. The second-order valence-corrected chi connectivity index (χ2v) is 8.93. The van der Waals surface area contributed by atoms with E-state index in [9.17, 15) is 0 Å². The topological polar surface area (TPSA) is 30.9 Å². The number of allylic oxidation sites excluding steroid dienone is 2. The monoisotopic (exact) mass is 493 g/mol. The Hall–Kier alpha value is -2.88. The summed E-state index contributed by atoms with van der Waals surface area (Å²) in [7, 11) is 0. The van der Waals surface area contributed by atoms with Gasteiger partial charge in [0.2, 0.25) is 5.75 Å². The van der Waals surface area contributed by atoms with Crippen molar-refractivity contribution in [2.75, 3.05) is 37.8 Å². The molecule has 0 aliphatic carbocycles. The molecule has 0 aliphatic heterocycles. The van der Waals surface area contributed by atoms with Crippen LogP contribution in [0.3, 0.4) is 0 Å². The van der Waals surface area contributed by atoms with Crippen LogP contribution in [0.2, 0.25) is 0 Å². The average molecular weight is 494 g/mol. The summed E-state index contributed by atoms with van der Waals surface area (Å²) in [5.41, 5.74) is 3.49. The minimum absolute atomic E-state index is 0.662. The van der Waals surface area contributed by atoms with E-state index < -0.39 is 0 Å². The van der Waals surface area contributed by atoms with E-state index in [1.807, 2.05) is 0 Å². The number of hydrogen-bond donors (Lipinski definition) is 0. The number of ether oxygens (including phenoxy) is 3. The standard InChI is InChI=1S/C32H47NO3/c1-6-11-22-34-30-25-28(26-31(35-23-12-7-2)32(30)36-24-13-8-3)17-15-14-16-27-18-20-29(21-19-27)33(9-4)10-5/h14-21,25-26H,6-13,22-24H2,1-5H3. The van der Waals surface area contributed by atoms with Crippen LogP contribution in [0, 0.1) is 0 Å². The fraction of sp³-hybridized carbons (Fsp3) is 0.500. The highest BCUT2D eigenvalue weighted by molar-refractivity contribution is 5.64. The van der Waals surface area contributed by atoms with Crippen LogP contribution in [0.15, 0.2) is 48.6 Å². The maximum atomic E-state index is 6.16. The summed E-state index contributed by atoms with van der Waals surface area (Å²) in [6.07, 6.45) is 14.7. The van der Waals surface area contributed by atoms with Crippen molar-refractivity contribution in [2.24, 2.45) is 0 Å². The van der Waals surface area contributed by atoms with Gasteiger partial charge in [0, 0.05) is 18.8 Å². The summed E-state index contributed by atoms with van der Waals surface area (Å²) in [6.45, 7) is 14.9. The molecule has 0 atom stereocenters. The Morgan fingerprint density at radius 1 is 0.611 bits per heavy atom. The Kier molecular flexibility index (Phi) is 14.3. The summed E-state index contributed by atoms with van der Waals surface area (Å²) >= 11 is 0. The van der Waals surface area contributed by atoms with Crippen molar-refractivity contribution < 1.29 is 14.2 Å². The summed E-state index contributed by atoms with van der Waals surface area (Å²) in [5, 5.41) is 0. The van der Waals surface area contributed by atoms with E-state index in [0.29, 0.717) is 19.8 Å². The van der Waals surface area contributed by atoms with Gasteiger partial charge in [-0.05, 0) is 68.5 Å². The van der Waals surface area contributed by atoms with Gasteiger partial charge >= 0.3 is 0 Å². The lowest BCUT2D eigenvalue weighted by Gasteiger charge is -2.20. The third-order valence-corrected chi connectivity index (χ3v) is 6.01. The summed E-state index contributed by atoms with van der Waals surface area (Å²) in [5.74, 6) is 2.27. The van der Waals surface area contributed by atoms with E-state index in [1.165, 1.54) is 11.3 Å². The molecule has 198 valence electrons. The lowest BCUT2D eigenvalue weighted by molar-refractivity contribution is 0.237. The minimum Gasteiger partial charge on any atom is -0.490 e. The van der Waals surface area contributed by atoms with Crippen molar-refractivity contribution in [1.82, 2.24) is 0 Å². The molecule has 0 spiro atoms. The van der Waals surface area contributed by atoms with Crippen molar-refractivity contribution in [2.45, 2.75) is 73.1 Å². The average Bonchev–Trinajstić information content (AvgIpc) is 2.90. The fourth-order valence-electron chi connectivity index (χ4n) is 3.74. The van der Waals surface area contributed by atoms with E-state index in [-0.39, 0.29) is 0 Å². The van der Waals surface area contributed by atoms with E-state index >= 15 is 0 Å². The lowest BCUT2D eigenvalue weighted by Crippen LogP contribution is -2.21. The molecular weight excluding hydrogens is 446 g/mol. The first-order chi connectivity index (χ1) is 17.7. The molecule has 0 radical (unpaired) electrons. The highest BCUT2D eigenvalue weighted by Gasteiger charge is 2.15. The molecule has 0 N–H and O–H groups in total. The largest absolute Gasteiger partial charge is 0.490 e. The van der Waals surface area contributed by atoms with Crippen LogP contribution in [0.25, 0.3) is 12.2 Å². The van der Waals surface area contributed by atoms with Crippen LogP contribution in [0.1, 0.15) is 84.3 Å². The molecule has 2 aromatic carbocycles. The maximum absolute atomic E-state index is 6.16. The molecule has 0 heterocycles. The Morgan fingerprint density at radius 3 is 1.56 bits per heavy atom. The third kappa shape index (κ3) is 10.0. The van der Waals surface area contributed by atoms with Gasteiger partial charge in [0.25, 0.3) is 0 Å². The van der Waals surface area contributed by atoms with Crippen LogP contribution < -0.4 is 19.1 Å². The zero-order valence-corrected chi connectivity index (χ0v) is 23.2. The molecule has 4 nitrogen and oxygen atoms in total. The van der Waals surface area contributed by atoms with Gasteiger partial charge < -0.3 is 19.1 Å². The van der Waals surface area contributed by atoms with Crippen LogP contribution >= 0.6 is 0 Å². The number of rotatable bonds is 18. The summed E-state index contributed by atoms with van der Waals surface area (Å²) < 4.78 is 18.5. The first-order valence-electron chi connectivity index (χ1n) is 13.9. The molecule has 36 heavy (non-hydrogen) atoms. The SMILES string of the molecule is CCCCOc1cc(C=CC=Cc2ccc(N(CC)CC)cc2)cc(OCCCC)c1OCCCC. The molecule has 0 saturated carbocycles. The Bertz CT molecular complexity index is 882. The van der Waals surface area contributed by atoms with Gasteiger partial charge in [-0.25, -0.2) is 0 Å². The van der Waals surface area contributed by atoms with Crippen molar-refractivity contribution in [3.63, 3.8) is 0 Å². The molecule has 0 fully saturated rings. The first kappa shape index (κ1) is 29.4. The molecule has 0 aliphatic rings. The number of unbranched alkanes of at least 4 members (excludes halogenated alkanes) is 3. The summed E-state index contributed by atoms with van der Waals surface area (Å²) in [6, 6.07) is 12.8. The molecule has 0 aromatic heterocycles. The van der Waals surface area contributed by atoms with Gasteiger partial charge in [-0.2, -0.15) is 0 Å². The number of hydrogen-bond acceptors (Lipinski definition) is 4. The number of benzene rings is 2. The van der Waals surface area contributed by atoms with Crippen molar-refractivity contribution >= 4 is 17.8 Å². The first-order valence-corrected chi connectivity index (χ1v) is 13.9. The molecular formula is C32H47NO3. The van der Waals surface area contributed by atoms with E-state index in [2.05, 4.69) is 100 Å². The second kappa shape index (κ2) is 17.5. The maximum Gasteiger partial charge on any atom is 0.203 e. The van der Waals surface area contributed by atoms with Crippen LogP contribution in [-0.4, -0.2) is 32.9 Å². The van der Waals surface area contributed by atoms with Gasteiger partial charge in [0.1, 0.15) is 0 Å². The van der Waals surface area contributed by atoms with Gasteiger partial charge in [-0.3, -0.25) is 0 Å². The van der Waals surface area contributed by atoms with Crippen molar-refractivity contribution in [3.05, 3.63) is 59.7 Å². The van der Waals surface area contributed by atoms with Gasteiger partial charge in [0.05, 0.1) is 19.8 Å². The molecule has 0 unspecified atom stereocenters. The van der Waals surface area contributed by atoms with Crippen LogP contribution in [0.5, 0.6) is 17.2 Å². The molecule has 0 saturated heterocycles. The Labute approximate surface area is 220 Å². The normalized spacial score (nSPS) is 11.4. The minimum atomic E-state index is 0.662. The zero-order chi connectivity index (χ0) is 26.0. The Balaban J connectivity index is 2.22. The van der Waals surface area contributed by atoms with Gasteiger partial charge in [0.15, 0.2) is 11.5 Å².